The third kappa shape index (κ3) is 3.12. The van der Waals surface area contributed by atoms with Crippen LogP contribution in [0.4, 0.5) is 22.0 Å². The summed E-state index contributed by atoms with van der Waals surface area (Å²) in [5.74, 6) is -0.809. The van der Waals surface area contributed by atoms with Gasteiger partial charge >= 0.3 is 12.8 Å². The second kappa shape index (κ2) is 4.63. The molecule has 1 aromatic rings. The van der Waals surface area contributed by atoms with Crippen molar-refractivity contribution in [1.29, 1.82) is 0 Å². The Morgan fingerprint density at radius 2 is 1.69 bits per heavy atom. The van der Waals surface area contributed by atoms with Gasteiger partial charge in [-0.2, -0.15) is 22.0 Å². The van der Waals surface area contributed by atoms with Gasteiger partial charge in [0.1, 0.15) is 5.75 Å². The molecule has 0 aliphatic heterocycles. The molecule has 0 unspecified atom stereocenters. The lowest BCUT2D eigenvalue weighted by Crippen LogP contribution is -2.09. The molecule has 8 heteroatoms. The van der Waals surface area contributed by atoms with Gasteiger partial charge in [-0.25, -0.2) is 0 Å². The molecule has 16 heavy (non-hydrogen) atoms. The fourth-order valence-electron chi connectivity index (χ4n) is 0.952. The highest BCUT2D eigenvalue weighted by molar-refractivity contribution is 6.35. The zero-order chi connectivity index (χ0) is 12.5. The molecule has 90 valence electrons. The highest BCUT2D eigenvalue weighted by Gasteiger charge is 2.35. The molecule has 0 N–H and O–H groups in total. The van der Waals surface area contributed by atoms with Crippen LogP contribution in [-0.4, -0.2) is 6.61 Å². The van der Waals surface area contributed by atoms with Crippen molar-refractivity contribution in [1.82, 2.24) is 0 Å². The highest BCUT2D eigenvalue weighted by atomic mass is 35.5. The number of benzene rings is 1. The molecule has 0 heterocycles. The minimum atomic E-state index is -4.79. The van der Waals surface area contributed by atoms with Crippen LogP contribution in [0, 0.1) is 0 Å². The maximum atomic E-state index is 12.4. The van der Waals surface area contributed by atoms with E-state index >= 15 is 0 Å². The molecule has 0 aliphatic carbocycles. The Bertz CT molecular complexity index is 391. The first kappa shape index (κ1) is 13.3. The Balaban J connectivity index is 3.26. The van der Waals surface area contributed by atoms with Crippen LogP contribution in [0.5, 0.6) is 5.75 Å². The van der Waals surface area contributed by atoms with Crippen LogP contribution in [0.1, 0.15) is 5.56 Å². The predicted molar refractivity (Wildman–Crippen MR) is 48.1 cm³/mol. The zero-order valence-corrected chi connectivity index (χ0v) is 8.80. The molecule has 0 aromatic heterocycles. The van der Waals surface area contributed by atoms with Crippen LogP contribution in [0.3, 0.4) is 0 Å². The van der Waals surface area contributed by atoms with E-state index in [9.17, 15) is 22.0 Å². The van der Waals surface area contributed by atoms with E-state index in [2.05, 4.69) is 4.74 Å². The number of ether oxygens (including phenoxy) is 1. The topological polar surface area (TPSA) is 9.23 Å². The molecule has 0 saturated heterocycles. The van der Waals surface area contributed by atoms with Crippen molar-refractivity contribution in [2.75, 3.05) is 0 Å². The van der Waals surface area contributed by atoms with E-state index in [0.717, 1.165) is 6.07 Å². The van der Waals surface area contributed by atoms with Crippen molar-refractivity contribution < 1.29 is 26.7 Å². The average Bonchev–Trinajstić information content (AvgIpc) is 2.07. The van der Waals surface area contributed by atoms with Gasteiger partial charge in [-0.15, -0.1) is 0 Å². The summed E-state index contributed by atoms with van der Waals surface area (Å²) in [5.41, 5.74) is -1.32. The Kier molecular flexibility index (Phi) is 3.85. The highest BCUT2D eigenvalue weighted by Crippen LogP contribution is 2.41. The van der Waals surface area contributed by atoms with E-state index in [-0.39, 0.29) is 0 Å². The number of rotatable bonds is 2. The fourth-order valence-corrected chi connectivity index (χ4v) is 1.42. The zero-order valence-electron chi connectivity index (χ0n) is 7.29. The van der Waals surface area contributed by atoms with Gasteiger partial charge in [0.25, 0.3) is 0 Å². The lowest BCUT2D eigenvalue weighted by atomic mass is 10.2. The van der Waals surface area contributed by atoms with Gasteiger partial charge in [-0.1, -0.05) is 23.2 Å². The molecule has 0 spiro atoms. The summed E-state index contributed by atoms with van der Waals surface area (Å²) >= 11 is 10.6. The van der Waals surface area contributed by atoms with Crippen molar-refractivity contribution in [3.8, 4) is 5.75 Å². The van der Waals surface area contributed by atoms with Gasteiger partial charge in [0.2, 0.25) is 0 Å². The molecule has 0 aliphatic rings. The minimum absolute atomic E-state index is 0.396. The van der Waals surface area contributed by atoms with Gasteiger partial charge in [0.15, 0.2) is 0 Å². The smallest absolute Gasteiger partial charge is 0.418 e. The SMILES string of the molecule is FC(F)Oc1cc(Cl)cc(C(F)(F)F)c1Cl. The fraction of sp³-hybridized carbons (Fsp3) is 0.250. The number of alkyl halides is 5. The van der Waals surface area contributed by atoms with E-state index in [1.807, 2.05) is 0 Å². The molecule has 0 amide bonds. The molecule has 1 aromatic carbocycles. The van der Waals surface area contributed by atoms with Gasteiger partial charge in [-0.05, 0) is 6.07 Å². The summed E-state index contributed by atoms with van der Waals surface area (Å²) in [6.45, 7) is -3.28. The Morgan fingerprint density at radius 3 is 2.12 bits per heavy atom. The van der Waals surface area contributed by atoms with E-state index in [0.29, 0.717) is 6.07 Å². The maximum Gasteiger partial charge on any atom is 0.418 e. The minimum Gasteiger partial charge on any atom is -0.433 e. The standard InChI is InChI=1S/C8H3Cl2F5O/c9-3-1-4(8(13,14)15)6(10)5(2-3)16-7(11)12/h1-2,7H. The predicted octanol–water partition coefficient (Wildman–Crippen LogP) is 4.61. The molecule has 0 fully saturated rings. The molecular formula is C8H3Cl2F5O. The van der Waals surface area contributed by atoms with Crippen molar-refractivity contribution in [2.24, 2.45) is 0 Å². The molecule has 0 radical (unpaired) electrons. The normalized spacial score (nSPS) is 12.0. The van der Waals surface area contributed by atoms with Gasteiger partial charge in [0.05, 0.1) is 10.6 Å². The van der Waals surface area contributed by atoms with Gasteiger partial charge < -0.3 is 4.74 Å². The summed E-state index contributed by atoms with van der Waals surface area (Å²) in [6, 6.07) is 1.31. The molecule has 0 atom stereocenters. The van der Waals surface area contributed by atoms with Crippen LogP contribution in [-0.2, 0) is 6.18 Å². The van der Waals surface area contributed by atoms with Gasteiger partial charge in [0, 0.05) is 11.1 Å². The van der Waals surface area contributed by atoms with Crippen LogP contribution in [0.15, 0.2) is 12.1 Å². The van der Waals surface area contributed by atoms with Crippen molar-refractivity contribution in [3.05, 3.63) is 27.7 Å². The summed E-state index contributed by atoms with van der Waals surface area (Å²) in [5, 5.41) is -1.34. The first-order valence-electron chi connectivity index (χ1n) is 3.73. The second-order valence-electron chi connectivity index (χ2n) is 2.64. The Morgan fingerprint density at radius 1 is 1.12 bits per heavy atom. The van der Waals surface area contributed by atoms with E-state index < -0.39 is 34.1 Å². The number of hydrogen-bond donors (Lipinski definition) is 0. The van der Waals surface area contributed by atoms with Crippen molar-refractivity contribution >= 4 is 23.2 Å². The summed E-state index contributed by atoms with van der Waals surface area (Å²) in [4.78, 5) is 0. The second-order valence-corrected chi connectivity index (χ2v) is 3.46. The molecular weight excluding hydrogens is 278 g/mol. The molecule has 0 bridgehead atoms. The summed E-state index contributed by atoms with van der Waals surface area (Å²) in [7, 11) is 0. The number of hydrogen-bond acceptors (Lipinski definition) is 1. The first-order valence-corrected chi connectivity index (χ1v) is 4.48. The molecule has 0 saturated carbocycles. The van der Waals surface area contributed by atoms with Crippen LogP contribution in [0.2, 0.25) is 10.0 Å². The van der Waals surface area contributed by atoms with Crippen molar-refractivity contribution in [3.63, 3.8) is 0 Å². The summed E-state index contributed by atoms with van der Waals surface area (Å²) in [6.07, 6.45) is -4.79. The Hall–Kier alpha value is -0.750. The molecule has 1 rings (SSSR count). The van der Waals surface area contributed by atoms with E-state index in [1.165, 1.54) is 0 Å². The number of halogens is 7. The Labute approximate surface area is 96.7 Å². The quantitative estimate of drug-likeness (QED) is 0.719. The molecule has 1 nitrogen and oxygen atoms in total. The third-order valence-corrected chi connectivity index (χ3v) is 2.13. The third-order valence-electron chi connectivity index (χ3n) is 1.53. The monoisotopic (exact) mass is 280 g/mol. The lowest BCUT2D eigenvalue weighted by Gasteiger charge is -2.13. The maximum absolute atomic E-state index is 12.4. The van der Waals surface area contributed by atoms with E-state index in [1.54, 1.807) is 0 Å². The van der Waals surface area contributed by atoms with Crippen LogP contribution < -0.4 is 4.74 Å². The van der Waals surface area contributed by atoms with Crippen molar-refractivity contribution in [2.45, 2.75) is 12.8 Å². The average molecular weight is 281 g/mol. The van der Waals surface area contributed by atoms with E-state index in [4.69, 9.17) is 23.2 Å². The first-order chi connectivity index (χ1) is 7.21. The van der Waals surface area contributed by atoms with Crippen LogP contribution in [0.25, 0.3) is 0 Å². The largest absolute Gasteiger partial charge is 0.433 e. The summed E-state index contributed by atoms with van der Waals surface area (Å²) < 4.78 is 64.6. The van der Waals surface area contributed by atoms with Gasteiger partial charge in [-0.3, -0.25) is 0 Å². The lowest BCUT2D eigenvalue weighted by molar-refractivity contribution is -0.137. The van der Waals surface area contributed by atoms with Crippen LogP contribution >= 0.6 is 23.2 Å².